The topological polar surface area (TPSA) is 52.1 Å². The largest absolute Gasteiger partial charge is 0.461 e. The van der Waals surface area contributed by atoms with E-state index in [9.17, 15) is 9.18 Å². The molecule has 0 aliphatic rings. The van der Waals surface area contributed by atoms with Crippen LogP contribution in [-0.4, -0.2) is 22.8 Å². The van der Waals surface area contributed by atoms with E-state index in [1.807, 2.05) is 0 Å². The number of aromatic nitrogens is 2. The van der Waals surface area contributed by atoms with Crippen LogP contribution in [0.15, 0.2) is 18.2 Å². The fourth-order valence-electron chi connectivity index (χ4n) is 1.38. The van der Waals surface area contributed by atoms with Crippen molar-refractivity contribution in [1.29, 1.82) is 0 Å². The van der Waals surface area contributed by atoms with Gasteiger partial charge >= 0.3 is 5.97 Å². The van der Waals surface area contributed by atoms with Crippen molar-refractivity contribution < 1.29 is 13.9 Å². The van der Waals surface area contributed by atoms with Gasteiger partial charge in [0.2, 0.25) is 0 Å². The van der Waals surface area contributed by atoms with Crippen molar-refractivity contribution in [2.45, 2.75) is 6.92 Å². The number of benzene rings is 1. The van der Waals surface area contributed by atoms with Gasteiger partial charge in [-0.3, -0.25) is 0 Å². The lowest BCUT2D eigenvalue weighted by Crippen LogP contribution is -2.09. The van der Waals surface area contributed by atoms with Gasteiger partial charge in [-0.15, -0.1) is 10.2 Å². The zero-order valence-corrected chi connectivity index (χ0v) is 9.66. The molecule has 1 aromatic carbocycles. The lowest BCUT2D eigenvalue weighted by Gasteiger charge is -2.04. The van der Waals surface area contributed by atoms with Gasteiger partial charge in [0.1, 0.15) is 5.82 Å². The molecule has 4 nitrogen and oxygen atoms in total. The summed E-state index contributed by atoms with van der Waals surface area (Å²) in [7, 11) is 0. The van der Waals surface area contributed by atoms with E-state index < -0.39 is 11.8 Å². The quantitative estimate of drug-likeness (QED) is 0.773. The van der Waals surface area contributed by atoms with Crippen molar-refractivity contribution in [1.82, 2.24) is 10.2 Å². The first-order valence-electron chi connectivity index (χ1n) is 4.92. The molecule has 0 fully saturated rings. The molecule has 17 heavy (non-hydrogen) atoms. The number of carbonyl (C=O) groups excluding carboxylic acids is 1. The van der Waals surface area contributed by atoms with E-state index in [1.165, 1.54) is 18.2 Å². The standard InChI is InChI=1S/C11H8ClFN2O2/c1-2-17-11(16)10-9(12)7-4-3-6(13)5-8(7)14-15-10/h3-5H,2H2,1H3. The highest BCUT2D eigenvalue weighted by Gasteiger charge is 2.17. The summed E-state index contributed by atoms with van der Waals surface area (Å²) in [5.41, 5.74) is 0.232. The summed E-state index contributed by atoms with van der Waals surface area (Å²) < 4.78 is 17.7. The number of hydrogen-bond donors (Lipinski definition) is 0. The van der Waals surface area contributed by atoms with Crippen LogP contribution in [0.25, 0.3) is 10.9 Å². The van der Waals surface area contributed by atoms with Crippen LogP contribution < -0.4 is 0 Å². The van der Waals surface area contributed by atoms with E-state index in [2.05, 4.69) is 10.2 Å². The highest BCUT2D eigenvalue weighted by atomic mass is 35.5. The van der Waals surface area contributed by atoms with E-state index in [-0.39, 0.29) is 17.3 Å². The second-order valence-electron chi connectivity index (χ2n) is 3.24. The minimum atomic E-state index is -0.642. The van der Waals surface area contributed by atoms with Gasteiger partial charge in [-0.2, -0.15) is 0 Å². The molecule has 2 rings (SSSR count). The third-order valence-electron chi connectivity index (χ3n) is 2.13. The van der Waals surface area contributed by atoms with Crippen molar-refractivity contribution in [2.24, 2.45) is 0 Å². The van der Waals surface area contributed by atoms with Crippen LogP contribution in [0.3, 0.4) is 0 Å². The maximum atomic E-state index is 12.9. The molecule has 0 bridgehead atoms. The van der Waals surface area contributed by atoms with Gasteiger partial charge in [0, 0.05) is 11.5 Å². The summed E-state index contributed by atoms with van der Waals surface area (Å²) in [6, 6.07) is 3.89. The second kappa shape index (κ2) is 4.63. The Labute approximate surface area is 101 Å². The molecule has 0 amide bonds. The summed E-state index contributed by atoms with van der Waals surface area (Å²) >= 11 is 6.00. The molecule has 0 unspecified atom stereocenters. The molecule has 0 atom stereocenters. The summed E-state index contributed by atoms with van der Waals surface area (Å²) in [4.78, 5) is 11.5. The zero-order valence-electron chi connectivity index (χ0n) is 8.91. The van der Waals surface area contributed by atoms with Crippen LogP contribution in [0, 0.1) is 5.82 Å². The monoisotopic (exact) mass is 254 g/mol. The highest BCUT2D eigenvalue weighted by molar-refractivity contribution is 6.37. The van der Waals surface area contributed by atoms with Crippen molar-refractivity contribution >= 4 is 28.5 Å². The molecule has 0 spiro atoms. The number of halogens is 2. The molecule has 0 radical (unpaired) electrons. The number of carbonyl (C=O) groups is 1. The normalized spacial score (nSPS) is 10.5. The fraction of sp³-hybridized carbons (Fsp3) is 0.182. The lowest BCUT2D eigenvalue weighted by molar-refractivity contribution is 0.0518. The van der Waals surface area contributed by atoms with Crippen molar-refractivity contribution in [3.63, 3.8) is 0 Å². The Morgan fingerprint density at radius 1 is 1.47 bits per heavy atom. The smallest absolute Gasteiger partial charge is 0.360 e. The van der Waals surface area contributed by atoms with Crippen LogP contribution >= 0.6 is 11.6 Å². The van der Waals surface area contributed by atoms with E-state index in [0.29, 0.717) is 10.9 Å². The average Bonchev–Trinajstić information content (AvgIpc) is 2.29. The Kier molecular flexibility index (Phi) is 3.19. The van der Waals surface area contributed by atoms with Crippen LogP contribution in [-0.2, 0) is 4.74 Å². The Hall–Kier alpha value is -1.75. The first-order chi connectivity index (χ1) is 8.13. The Balaban J connectivity index is 2.58. The summed E-state index contributed by atoms with van der Waals surface area (Å²) in [6.45, 7) is 1.90. The third-order valence-corrected chi connectivity index (χ3v) is 2.51. The van der Waals surface area contributed by atoms with E-state index in [1.54, 1.807) is 6.92 Å². The first kappa shape index (κ1) is 11.7. The van der Waals surface area contributed by atoms with Gasteiger partial charge in [-0.1, -0.05) is 11.6 Å². The molecule has 1 aromatic heterocycles. The van der Waals surface area contributed by atoms with E-state index in [0.717, 1.165) is 0 Å². The predicted octanol–water partition coefficient (Wildman–Crippen LogP) is 2.60. The number of fused-ring (bicyclic) bond motifs is 1. The summed E-state index contributed by atoms with van der Waals surface area (Å²) in [5.74, 6) is -1.08. The molecule has 6 heteroatoms. The van der Waals surface area contributed by atoms with Crippen molar-refractivity contribution in [3.05, 3.63) is 34.7 Å². The van der Waals surface area contributed by atoms with E-state index in [4.69, 9.17) is 16.3 Å². The lowest BCUT2D eigenvalue weighted by atomic mass is 10.2. The predicted molar refractivity (Wildman–Crippen MR) is 60.5 cm³/mol. The van der Waals surface area contributed by atoms with Crippen molar-refractivity contribution in [3.8, 4) is 0 Å². The first-order valence-corrected chi connectivity index (χ1v) is 5.30. The molecular formula is C11H8ClFN2O2. The molecular weight excluding hydrogens is 247 g/mol. The van der Waals surface area contributed by atoms with Gasteiger partial charge in [0.25, 0.3) is 0 Å². The summed E-state index contributed by atoms with van der Waals surface area (Å²) in [5, 5.41) is 7.96. The summed E-state index contributed by atoms with van der Waals surface area (Å²) in [6.07, 6.45) is 0. The van der Waals surface area contributed by atoms with Gasteiger partial charge in [0.15, 0.2) is 5.69 Å². The number of esters is 1. The van der Waals surface area contributed by atoms with Gasteiger partial charge in [0.05, 0.1) is 17.1 Å². The number of ether oxygens (including phenoxy) is 1. The third kappa shape index (κ3) is 2.19. The van der Waals surface area contributed by atoms with Gasteiger partial charge in [-0.05, 0) is 19.1 Å². The number of nitrogens with zero attached hydrogens (tertiary/aromatic N) is 2. The maximum absolute atomic E-state index is 12.9. The Bertz CT molecular complexity index is 589. The van der Waals surface area contributed by atoms with Gasteiger partial charge < -0.3 is 4.74 Å². The van der Waals surface area contributed by atoms with Gasteiger partial charge in [-0.25, -0.2) is 9.18 Å². The average molecular weight is 255 g/mol. The van der Waals surface area contributed by atoms with Crippen LogP contribution in [0.5, 0.6) is 0 Å². The van der Waals surface area contributed by atoms with Crippen LogP contribution in [0.2, 0.25) is 5.02 Å². The SMILES string of the molecule is CCOC(=O)c1nnc2cc(F)ccc2c1Cl. The molecule has 1 heterocycles. The molecule has 0 aliphatic heterocycles. The minimum absolute atomic E-state index is 0.0624. The number of hydrogen-bond acceptors (Lipinski definition) is 4. The van der Waals surface area contributed by atoms with E-state index >= 15 is 0 Å². The van der Waals surface area contributed by atoms with Crippen LogP contribution in [0.1, 0.15) is 17.4 Å². The Morgan fingerprint density at radius 2 is 2.24 bits per heavy atom. The molecule has 0 N–H and O–H groups in total. The molecule has 0 saturated carbocycles. The molecule has 0 aliphatic carbocycles. The fourth-order valence-corrected chi connectivity index (χ4v) is 1.65. The zero-order chi connectivity index (χ0) is 12.4. The molecule has 2 aromatic rings. The molecule has 0 saturated heterocycles. The highest BCUT2D eigenvalue weighted by Crippen LogP contribution is 2.25. The second-order valence-corrected chi connectivity index (χ2v) is 3.62. The van der Waals surface area contributed by atoms with Crippen LogP contribution in [0.4, 0.5) is 4.39 Å². The minimum Gasteiger partial charge on any atom is -0.461 e. The Morgan fingerprint density at radius 3 is 2.94 bits per heavy atom. The van der Waals surface area contributed by atoms with Crippen molar-refractivity contribution in [2.75, 3.05) is 6.61 Å². The maximum Gasteiger partial charge on any atom is 0.360 e. The number of rotatable bonds is 2. The molecule has 88 valence electrons.